The normalized spacial score (nSPS) is 19.8. The molecule has 6 rings (SSSR count). The maximum absolute atomic E-state index is 13.5. The number of nitriles is 1. The first-order chi connectivity index (χ1) is 25.5. The van der Waals surface area contributed by atoms with Gasteiger partial charge in [0.25, 0.3) is 0 Å². The molecule has 54 heavy (non-hydrogen) atoms. The number of para-hydroxylation sites is 2. The van der Waals surface area contributed by atoms with E-state index < -0.39 is 23.7 Å². The first-order valence-electron chi connectivity index (χ1n) is 16.8. The van der Waals surface area contributed by atoms with E-state index in [4.69, 9.17) is 31.4 Å². The van der Waals surface area contributed by atoms with Gasteiger partial charge in [0.1, 0.15) is 17.8 Å². The van der Waals surface area contributed by atoms with Crippen LogP contribution in [-0.4, -0.2) is 27.7 Å². The van der Waals surface area contributed by atoms with Gasteiger partial charge in [-0.05, 0) is 94.4 Å². The van der Waals surface area contributed by atoms with E-state index in [1.807, 2.05) is 45.9 Å². The molecule has 2 aliphatic rings. The van der Waals surface area contributed by atoms with Crippen LogP contribution in [0.25, 0.3) is 0 Å². The van der Waals surface area contributed by atoms with Crippen LogP contribution in [-0.2, 0) is 9.59 Å². The molecule has 5 atom stereocenters. The summed E-state index contributed by atoms with van der Waals surface area (Å²) in [6.07, 6.45) is 2.91. The SMILES string of the molecule is C=CC1C(C(=O)Cl)C1(C)C.C=CC1C(C(=O)O)C1(C)C.N#CC(O)c1ccc(F)c(Oc2ccccc2)c1.O=Cc1ccc(F)c(Oc2ccccc2)c1. The molecule has 5 unspecified atom stereocenters. The first kappa shape index (κ1) is 42.8. The summed E-state index contributed by atoms with van der Waals surface area (Å²) in [5, 5.41) is 26.4. The highest BCUT2D eigenvalue weighted by Crippen LogP contribution is 2.60. The van der Waals surface area contributed by atoms with Crippen molar-refractivity contribution < 1.29 is 42.9 Å². The van der Waals surface area contributed by atoms with Crippen molar-refractivity contribution in [1.29, 1.82) is 5.26 Å². The Morgan fingerprint density at radius 3 is 1.59 bits per heavy atom. The predicted molar refractivity (Wildman–Crippen MR) is 202 cm³/mol. The summed E-state index contributed by atoms with van der Waals surface area (Å²) in [4.78, 5) is 31.8. The van der Waals surface area contributed by atoms with Gasteiger partial charge >= 0.3 is 5.97 Å². The van der Waals surface area contributed by atoms with E-state index in [0.29, 0.717) is 28.9 Å². The highest BCUT2D eigenvalue weighted by atomic mass is 35.5. The first-order valence-corrected chi connectivity index (χ1v) is 17.2. The summed E-state index contributed by atoms with van der Waals surface area (Å²) in [7, 11) is 0. The molecule has 0 heterocycles. The fourth-order valence-electron chi connectivity index (χ4n) is 5.89. The topological polar surface area (TPSA) is 134 Å². The molecule has 0 radical (unpaired) electrons. The van der Waals surface area contributed by atoms with Crippen LogP contribution in [0.5, 0.6) is 23.0 Å². The van der Waals surface area contributed by atoms with Gasteiger partial charge in [-0.1, -0.05) is 82.3 Å². The number of allylic oxidation sites excluding steroid dienone is 2. The molecule has 2 aliphatic carbocycles. The minimum Gasteiger partial charge on any atom is -0.481 e. The molecule has 4 aromatic rings. The average molecular weight is 758 g/mol. The number of halogens is 3. The predicted octanol–water partition coefficient (Wildman–Crippen LogP) is 10.3. The molecule has 0 saturated heterocycles. The zero-order valence-corrected chi connectivity index (χ0v) is 31.0. The molecule has 282 valence electrons. The lowest BCUT2D eigenvalue weighted by Crippen LogP contribution is -2.02. The Hall–Kier alpha value is -5.63. The number of benzene rings is 4. The van der Waals surface area contributed by atoms with Crippen LogP contribution in [0.2, 0.25) is 0 Å². The third-order valence-corrected chi connectivity index (χ3v) is 9.50. The van der Waals surface area contributed by atoms with Crippen LogP contribution in [0.15, 0.2) is 122 Å². The van der Waals surface area contributed by atoms with Crippen molar-refractivity contribution in [3.8, 4) is 29.1 Å². The fraction of sp³-hybridized carbons (Fsp3) is 0.256. The number of aliphatic carboxylic acids is 1. The Balaban J connectivity index is 0.000000200. The second-order valence-corrected chi connectivity index (χ2v) is 14.0. The zero-order valence-electron chi connectivity index (χ0n) is 30.3. The number of hydrogen-bond acceptors (Lipinski definition) is 7. The quantitative estimate of drug-likeness (QED) is 0.0707. The van der Waals surface area contributed by atoms with Gasteiger partial charge in [0.2, 0.25) is 5.24 Å². The van der Waals surface area contributed by atoms with E-state index in [1.54, 1.807) is 60.7 Å². The maximum atomic E-state index is 13.5. The Labute approximate surface area is 318 Å². The van der Waals surface area contributed by atoms with Gasteiger partial charge < -0.3 is 19.7 Å². The zero-order chi connectivity index (χ0) is 40.2. The van der Waals surface area contributed by atoms with Gasteiger partial charge in [0.05, 0.1) is 12.0 Å². The third-order valence-electron chi connectivity index (χ3n) is 9.27. The van der Waals surface area contributed by atoms with Gasteiger partial charge in [-0.25, -0.2) is 8.78 Å². The van der Waals surface area contributed by atoms with Crippen LogP contribution >= 0.6 is 11.6 Å². The van der Waals surface area contributed by atoms with Crippen molar-refractivity contribution in [1.82, 2.24) is 0 Å². The minimum atomic E-state index is -1.29. The Morgan fingerprint density at radius 1 is 0.796 bits per heavy atom. The summed E-state index contributed by atoms with van der Waals surface area (Å²) in [5.41, 5.74) is 0.672. The molecule has 2 N–H and O–H groups in total. The van der Waals surface area contributed by atoms with Crippen molar-refractivity contribution in [2.24, 2.45) is 34.5 Å². The number of nitrogens with zero attached hydrogens (tertiary/aromatic N) is 1. The summed E-state index contributed by atoms with van der Waals surface area (Å²) < 4.78 is 37.6. The molecule has 0 aromatic heterocycles. The minimum absolute atomic E-state index is 0.00617. The summed E-state index contributed by atoms with van der Waals surface area (Å²) in [5.74, 6) is -0.426. The molecular weight excluding hydrogens is 716 g/mol. The van der Waals surface area contributed by atoms with Gasteiger partial charge in [0, 0.05) is 11.5 Å². The van der Waals surface area contributed by atoms with Crippen molar-refractivity contribution in [3.63, 3.8) is 0 Å². The lowest BCUT2D eigenvalue weighted by Gasteiger charge is -2.09. The molecule has 0 bridgehead atoms. The van der Waals surface area contributed by atoms with E-state index in [-0.39, 0.29) is 51.2 Å². The van der Waals surface area contributed by atoms with E-state index >= 15 is 0 Å². The Bertz CT molecular complexity index is 1940. The maximum Gasteiger partial charge on any atom is 0.307 e. The smallest absolute Gasteiger partial charge is 0.307 e. The number of ether oxygens (including phenoxy) is 2. The Morgan fingerprint density at radius 2 is 1.24 bits per heavy atom. The molecule has 0 aliphatic heterocycles. The standard InChI is InChI=1S/C14H10FNO2.C13H9FO2.C8H11ClO.C8H12O2/c15-12-7-6-10(13(17)9-16)8-14(12)18-11-4-2-1-3-5-11;14-12-7-6-10(9-15)8-13(12)16-11-4-2-1-3-5-11;2*1-4-5-6(7(9)10)8(5,2)3/h1-8,13,17H;1-9H;4-6H,1H2,2-3H3;4-6H,1H2,2-3H3,(H,9,10). The number of carboxylic acids is 1. The summed E-state index contributed by atoms with van der Waals surface area (Å²) in [6, 6.07) is 27.0. The molecule has 2 fully saturated rings. The number of hydrogen-bond donors (Lipinski definition) is 2. The molecule has 8 nitrogen and oxygen atoms in total. The summed E-state index contributed by atoms with van der Waals surface area (Å²) in [6.45, 7) is 15.2. The van der Waals surface area contributed by atoms with Gasteiger partial charge in [0.15, 0.2) is 29.2 Å². The van der Waals surface area contributed by atoms with Crippen LogP contribution in [0.4, 0.5) is 8.78 Å². The lowest BCUT2D eigenvalue weighted by molar-refractivity contribution is -0.139. The highest BCUT2D eigenvalue weighted by Gasteiger charge is 2.60. The molecule has 0 spiro atoms. The third kappa shape index (κ3) is 11.2. The van der Waals surface area contributed by atoms with E-state index in [2.05, 4.69) is 13.2 Å². The number of aliphatic hydroxyl groups excluding tert-OH is 1. The monoisotopic (exact) mass is 757 g/mol. The number of rotatable bonds is 10. The van der Waals surface area contributed by atoms with Crippen molar-refractivity contribution in [2.75, 3.05) is 0 Å². The van der Waals surface area contributed by atoms with Crippen LogP contribution in [0.3, 0.4) is 0 Å². The Kier molecular flexibility index (Phi) is 15.0. The van der Waals surface area contributed by atoms with Crippen LogP contribution in [0.1, 0.15) is 49.7 Å². The molecule has 2 saturated carbocycles. The number of carboxylic acid groups (broad SMARTS) is 1. The van der Waals surface area contributed by atoms with Crippen LogP contribution < -0.4 is 9.47 Å². The van der Waals surface area contributed by atoms with E-state index in [9.17, 15) is 28.3 Å². The largest absolute Gasteiger partial charge is 0.481 e. The van der Waals surface area contributed by atoms with Gasteiger partial charge in [-0.3, -0.25) is 14.4 Å². The van der Waals surface area contributed by atoms with Gasteiger partial charge in [-0.2, -0.15) is 5.26 Å². The van der Waals surface area contributed by atoms with E-state index in [0.717, 1.165) is 6.07 Å². The van der Waals surface area contributed by atoms with Crippen molar-refractivity contribution in [2.45, 2.75) is 33.8 Å². The van der Waals surface area contributed by atoms with Crippen molar-refractivity contribution >= 4 is 29.1 Å². The molecular formula is C43H42ClF2NO7. The average Bonchev–Trinajstić information content (AvgIpc) is 3.95. The molecule has 11 heteroatoms. The highest BCUT2D eigenvalue weighted by molar-refractivity contribution is 6.64. The van der Waals surface area contributed by atoms with Gasteiger partial charge in [-0.15, -0.1) is 13.2 Å². The molecule has 4 aromatic carbocycles. The van der Waals surface area contributed by atoms with Crippen molar-refractivity contribution in [3.05, 3.63) is 145 Å². The second kappa shape index (κ2) is 18.9. The number of carbonyl (C=O) groups is 3. The number of carbonyl (C=O) groups excluding carboxylic acids is 2. The lowest BCUT2D eigenvalue weighted by atomic mass is 10.1. The number of aliphatic hydroxyl groups is 1. The molecule has 0 amide bonds. The fourth-order valence-corrected chi connectivity index (χ4v) is 6.30. The van der Waals surface area contributed by atoms with E-state index in [1.165, 1.54) is 30.3 Å². The second-order valence-electron chi connectivity index (χ2n) is 13.6. The van der Waals surface area contributed by atoms with Crippen LogP contribution in [0, 0.1) is 57.5 Å². The number of aldehydes is 1. The summed E-state index contributed by atoms with van der Waals surface area (Å²) >= 11 is 5.35.